The predicted octanol–water partition coefficient (Wildman–Crippen LogP) is 1.22. The first-order chi connectivity index (χ1) is 14.3. The highest BCUT2D eigenvalue weighted by Gasteiger charge is 2.41. The molecule has 0 saturated carbocycles. The maximum Gasteiger partial charge on any atom is 0.269 e. The van der Waals surface area contributed by atoms with Gasteiger partial charge in [0.05, 0.1) is 11.4 Å². The third-order valence-corrected chi connectivity index (χ3v) is 7.04. The molecule has 2 heterocycles. The number of nitrogens with zero attached hydrogens (tertiary/aromatic N) is 5. The van der Waals surface area contributed by atoms with Gasteiger partial charge in [0.25, 0.3) is 15.9 Å². The fraction of sp³-hybridized carbons (Fsp3) is 0.118. The van der Waals surface area contributed by atoms with E-state index in [9.17, 15) is 23.1 Å². The van der Waals surface area contributed by atoms with Gasteiger partial charge in [-0.25, -0.2) is 12.7 Å². The standard InChI is InChI=1S/C17H14N6O5S2/c1-10(24)18-11-6-7-14(25)13(8-11)23-17(19-20-21-23)29-9-22-16(26)12-4-2-3-5-15(12)30(22,27)28/h2-8,25H,9H2,1H3,(H,18,24). The Morgan fingerprint density at radius 1 is 1.23 bits per heavy atom. The number of hydrogen-bond acceptors (Lipinski definition) is 9. The summed E-state index contributed by atoms with van der Waals surface area (Å²) in [5.41, 5.74) is 0.695. The van der Waals surface area contributed by atoms with Gasteiger partial charge in [-0.05, 0) is 40.8 Å². The van der Waals surface area contributed by atoms with E-state index in [1.165, 1.54) is 41.9 Å². The van der Waals surface area contributed by atoms with Gasteiger partial charge in [-0.1, -0.05) is 23.9 Å². The van der Waals surface area contributed by atoms with E-state index in [0.29, 0.717) is 5.69 Å². The molecule has 2 amide bonds. The minimum atomic E-state index is -3.97. The number of amides is 2. The van der Waals surface area contributed by atoms with Gasteiger partial charge in [0.15, 0.2) is 0 Å². The zero-order valence-corrected chi connectivity index (χ0v) is 17.0. The van der Waals surface area contributed by atoms with E-state index in [1.807, 2.05) is 0 Å². The van der Waals surface area contributed by atoms with Crippen LogP contribution in [0.25, 0.3) is 5.69 Å². The van der Waals surface area contributed by atoms with Crippen LogP contribution < -0.4 is 5.32 Å². The average Bonchev–Trinajstić information content (AvgIpc) is 3.23. The van der Waals surface area contributed by atoms with Crippen LogP contribution in [0, 0.1) is 0 Å². The van der Waals surface area contributed by atoms with Crippen LogP contribution in [0.4, 0.5) is 5.69 Å². The topological polar surface area (TPSA) is 147 Å². The van der Waals surface area contributed by atoms with Gasteiger partial charge in [-0.3, -0.25) is 9.59 Å². The first kappa shape index (κ1) is 19.8. The van der Waals surface area contributed by atoms with Crippen molar-refractivity contribution in [3.63, 3.8) is 0 Å². The molecule has 0 atom stereocenters. The van der Waals surface area contributed by atoms with Crippen molar-refractivity contribution in [3.05, 3.63) is 48.0 Å². The number of rotatable bonds is 5. The van der Waals surface area contributed by atoms with Crippen molar-refractivity contribution in [2.24, 2.45) is 0 Å². The Bertz CT molecular complexity index is 1270. The second kappa shape index (κ2) is 7.42. The normalized spacial score (nSPS) is 14.6. The molecular formula is C17H14N6O5S2. The van der Waals surface area contributed by atoms with E-state index in [-0.39, 0.29) is 38.8 Å². The summed E-state index contributed by atoms with van der Waals surface area (Å²) in [6.45, 7) is 1.34. The molecule has 0 spiro atoms. The molecule has 13 heteroatoms. The number of benzene rings is 2. The molecule has 2 N–H and O–H groups in total. The molecule has 11 nitrogen and oxygen atoms in total. The van der Waals surface area contributed by atoms with Crippen LogP contribution in [0.1, 0.15) is 17.3 Å². The molecule has 154 valence electrons. The number of aromatic hydroxyl groups is 1. The summed E-state index contributed by atoms with van der Waals surface area (Å²) in [5.74, 6) is -1.35. The quantitative estimate of drug-likeness (QED) is 0.436. The van der Waals surface area contributed by atoms with E-state index in [0.717, 1.165) is 16.1 Å². The number of phenolic OH excluding ortho intramolecular Hbond substituents is 1. The summed E-state index contributed by atoms with van der Waals surface area (Å²) in [7, 11) is -3.97. The van der Waals surface area contributed by atoms with Crippen molar-refractivity contribution < 1.29 is 23.1 Å². The lowest BCUT2D eigenvalue weighted by Gasteiger charge is -2.14. The summed E-state index contributed by atoms with van der Waals surface area (Å²) in [5, 5.41) is 24.1. The molecule has 30 heavy (non-hydrogen) atoms. The summed E-state index contributed by atoms with van der Waals surface area (Å²) in [6, 6.07) is 10.3. The molecule has 3 aromatic rings. The monoisotopic (exact) mass is 446 g/mol. The van der Waals surface area contributed by atoms with Gasteiger partial charge >= 0.3 is 0 Å². The number of carbonyl (C=O) groups is 2. The number of fused-ring (bicyclic) bond motifs is 1. The highest BCUT2D eigenvalue weighted by atomic mass is 32.2. The van der Waals surface area contributed by atoms with Crippen molar-refractivity contribution in [1.82, 2.24) is 24.5 Å². The number of sulfonamides is 1. The Morgan fingerprint density at radius 3 is 2.73 bits per heavy atom. The van der Waals surface area contributed by atoms with E-state index >= 15 is 0 Å². The number of nitrogens with one attached hydrogen (secondary N) is 1. The second-order valence-electron chi connectivity index (χ2n) is 6.19. The van der Waals surface area contributed by atoms with Gasteiger partial charge in [0, 0.05) is 12.6 Å². The molecule has 1 aliphatic heterocycles. The number of phenols is 1. The van der Waals surface area contributed by atoms with Crippen LogP contribution in [0.2, 0.25) is 0 Å². The Morgan fingerprint density at radius 2 is 2.00 bits per heavy atom. The highest BCUT2D eigenvalue weighted by molar-refractivity contribution is 8.00. The van der Waals surface area contributed by atoms with E-state index in [2.05, 4.69) is 20.8 Å². The van der Waals surface area contributed by atoms with Crippen molar-refractivity contribution in [3.8, 4) is 11.4 Å². The average molecular weight is 446 g/mol. The van der Waals surface area contributed by atoms with Crippen LogP contribution in [0.15, 0.2) is 52.5 Å². The van der Waals surface area contributed by atoms with Crippen molar-refractivity contribution in [2.75, 3.05) is 11.2 Å². The van der Waals surface area contributed by atoms with E-state index in [4.69, 9.17) is 0 Å². The Balaban J connectivity index is 1.61. The molecule has 0 aliphatic carbocycles. The molecule has 0 fully saturated rings. The zero-order valence-electron chi connectivity index (χ0n) is 15.4. The van der Waals surface area contributed by atoms with Gasteiger partial charge < -0.3 is 10.4 Å². The molecule has 2 aromatic carbocycles. The molecule has 0 saturated heterocycles. The summed E-state index contributed by atoms with van der Waals surface area (Å²) >= 11 is 0.905. The number of aromatic nitrogens is 4. The minimum absolute atomic E-state index is 0.0455. The zero-order chi connectivity index (χ0) is 21.5. The molecule has 1 aliphatic rings. The Kier molecular flexibility index (Phi) is 4.91. The fourth-order valence-electron chi connectivity index (χ4n) is 2.87. The maximum atomic E-state index is 12.7. The van der Waals surface area contributed by atoms with Gasteiger partial charge in [-0.15, -0.1) is 5.10 Å². The van der Waals surface area contributed by atoms with Gasteiger partial charge in [-0.2, -0.15) is 4.68 Å². The lowest BCUT2D eigenvalue weighted by atomic mass is 10.2. The van der Waals surface area contributed by atoms with Crippen LogP contribution in [-0.4, -0.2) is 55.7 Å². The molecule has 0 unspecified atom stereocenters. The molecule has 0 radical (unpaired) electrons. The molecule has 1 aromatic heterocycles. The number of tetrazole rings is 1. The third-order valence-electron chi connectivity index (χ3n) is 4.19. The number of carbonyl (C=O) groups excluding carboxylic acids is 2. The van der Waals surface area contributed by atoms with Crippen LogP contribution in [0.3, 0.4) is 0 Å². The van der Waals surface area contributed by atoms with Gasteiger partial charge in [0.2, 0.25) is 11.1 Å². The Labute approximate surface area is 174 Å². The SMILES string of the molecule is CC(=O)Nc1ccc(O)c(-n2nnnc2SCN2C(=O)c3ccccc3S2(=O)=O)c1. The second-order valence-corrected chi connectivity index (χ2v) is 8.93. The van der Waals surface area contributed by atoms with Crippen molar-refractivity contribution >= 4 is 39.3 Å². The number of hydrogen-bond donors (Lipinski definition) is 2. The third kappa shape index (κ3) is 3.37. The largest absolute Gasteiger partial charge is 0.506 e. The number of anilines is 1. The predicted molar refractivity (Wildman–Crippen MR) is 106 cm³/mol. The highest BCUT2D eigenvalue weighted by Crippen LogP contribution is 2.33. The van der Waals surface area contributed by atoms with Gasteiger partial charge in [0.1, 0.15) is 16.3 Å². The van der Waals surface area contributed by atoms with E-state index in [1.54, 1.807) is 12.1 Å². The van der Waals surface area contributed by atoms with Crippen molar-refractivity contribution in [2.45, 2.75) is 17.0 Å². The summed E-state index contributed by atoms with van der Waals surface area (Å²) < 4.78 is 27.3. The maximum absolute atomic E-state index is 12.7. The van der Waals surface area contributed by atoms with Crippen LogP contribution >= 0.6 is 11.8 Å². The minimum Gasteiger partial charge on any atom is -0.506 e. The Hall–Kier alpha value is -3.45. The molecule has 0 bridgehead atoms. The smallest absolute Gasteiger partial charge is 0.269 e. The first-order valence-electron chi connectivity index (χ1n) is 8.47. The molecule has 4 rings (SSSR count). The number of thioether (sulfide) groups is 1. The lowest BCUT2D eigenvalue weighted by molar-refractivity contribution is -0.114. The fourth-order valence-corrected chi connectivity index (χ4v) is 5.52. The van der Waals surface area contributed by atoms with Crippen molar-refractivity contribution in [1.29, 1.82) is 0 Å². The lowest BCUT2D eigenvalue weighted by Crippen LogP contribution is -2.29. The van der Waals surface area contributed by atoms with E-state index < -0.39 is 15.9 Å². The summed E-state index contributed by atoms with van der Waals surface area (Å²) in [6.07, 6.45) is 0. The van der Waals surface area contributed by atoms with Crippen LogP contribution in [-0.2, 0) is 14.8 Å². The first-order valence-corrected chi connectivity index (χ1v) is 10.9. The van der Waals surface area contributed by atoms with Crippen LogP contribution in [0.5, 0.6) is 5.75 Å². The summed E-state index contributed by atoms with van der Waals surface area (Å²) in [4.78, 5) is 23.8. The molecular weight excluding hydrogens is 432 g/mol.